The molecule has 3 heterocycles. The second kappa shape index (κ2) is 17.5. The third-order valence-corrected chi connectivity index (χ3v) is 10.8. The van der Waals surface area contributed by atoms with E-state index in [-0.39, 0.29) is 42.9 Å². The summed E-state index contributed by atoms with van der Waals surface area (Å²) in [6.45, 7) is 13.8. The minimum absolute atomic E-state index is 0. The van der Waals surface area contributed by atoms with Gasteiger partial charge in [0.2, 0.25) is 0 Å². The summed E-state index contributed by atoms with van der Waals surface area (Å²) in [7, 11) is 1.40. The van der Waals surface area contributed by atoms with Gasteiger partial charge in [-0.3, -0.25) is 4.79 Å². The van der Waals surface area contributed by atoms with E-state index >= 15 is 0 Å². The molecule has 49 heavy (non-hydrogen) atoms. The Bertz CT molecular complexity index is 1390. The Balaban J connectivity index is 0.00000270. The first-order chi connectivity index (χ1) is 22.7. The number of nitrogens with one attached hydrogen (secondary N) is 2. The first-order valence-electron chi connectivity index (χ1n) is 17.8. The number of anilines is 1. The number of esters is 1. The van der Waals surface area contributed by atoms with E-state index in [4.69, 9.17) is 14.2 Å². The monoisotopic (exact) mass is 718 g/mol. The van der Waals surface area contributed by atoms with E-state index in [0.717, 1.165) is 81.4 Å². The summed E-state index contributed by atoms with van der Waals surface area (Å²) < 4.78 is 18.1. The van der Waals surface area contributed by atoms with Crippen LogP contribution in [0.5, 0.6) is 11.5 Å². The van der Waals surface area contributed by atoms with Crippen LogP contribution < -0.4 is 25.0 Å². The Hall–Kier alpha value is -2.72. The van der Waals surface area contributed by atoms with Crippen molar-refractivity contribution in [3.63, 3.8) is 0 Å². The number of hydrogen-bond donors (Lipinski definition) is 2. The molecular formula is C38H56Cl2N4O5. The lowest BCUT2D eigenvalue weighted by molar-refractivity contribution is 0.0563. The molecule has 0 spiro atoms. The lowest BCUT2D eigenvalue weighted by Gasteiger charge is -2.37. The highest BCUT2D eigenvalue weighted by molar-refractivity contribution is 5.95. The maximum absolute atomic E-state index is 13.9. The van der Waals surface area contributed by atoms with Crippen molar-refractivity contribution in [2.75, 3.05) is 64.4 Å². The molecule has 1 aliphatic carbocycles. The maximum atomic E-state index is 13.9. The van der Waals surface area contributed by atoms with Crippen LogP contribution in [-0.4, -0.2) is 88.5 Å². The lowest BCUT2D eigenvalue weighted by Crippen LogP contribution is -2.43. The average molecular weight is 720 g/mol. The molecule has 272 valence electrons. The van der Waals surface area contributed by atoms with E-state index in [9.17, 15) is 9.59 Å². The molecule has 0 radical (unpaired) electrons. The number of nitrogens with zero attached hydrogens (tertiary/aromatic N) is 2. The van der Waals surface area contributed by atoms with E-state index in [1.54, 1.807) is 6.07 Å². The fraction of sp³-hybridized carbons (Fsp3) is 0.632. The largest absolute Gasteiger partial charge is 0.489 e. The van der Waals surface area contributed by atoms with Crippen LogP contribution in [0.3, 0.4) is 0 Å². The van der Waals surface area contributed by atoms with Gasteiger partial charge in [-0.1, -0.05) is 20.8 Å². The third kappa shape index (κ3) is 9.54. The lowest BCUT2D eigenvalue weighted by atomic mass is 9.68. The fourth-order valence-corrected chi connectivity index (χ4v) is 7.83. The maximum Gasteiger partial charge on any atom is 0.341 e. The molecule has 1 atom stereocenters. The van der Waals surface area contributed by atoms with Crippen molar-refractivity contribution >= 4 is 42.4 Å². The van der Waals surface area contributed by atoms with E-state index in [1.807, 2.05) is 29.2 Å². The molecular weight excluding hydrogens is 663 g/mol. The molecule has 9 nitrogen and oxygen atoms in total. The minimum atomic E-state index is -0.404. The molecule has 1 amide bonds. The Morgan fingerprint density at radius 2 is 1.45 bits per heavy atom. The van der Waals surface area contributed by atoms with Crippen LogP contribution in [-0.2, 0) is 4.74 Å². The Morgan fingerprint density at radius 1 is 0.755 bits per heavy atom. The molecule has 0 aromatic heterocycles. The van der Waals surface area contributed by atoms with Crippen LogP contribution in [0.4, 0.5) is 5.69 Å². The van der Waals surface area contributed by atoms with Gasteiger partial charge < -0.3 is 34.6 Å². The van der Waals surface area contributed by atoms with Crippen LogP contribution in [0, 0.1) is 11.3 Å². The summed E-state index contributed by atoms with van der Waals surface area (Å²) in [5.74, 6) is 2.30. The van der Waals surface area contributed by atoms with Gasteiger partial charge in [0, 0.05) is 76.0 Å². The van der Waals surface area contributed by atoms with Crippen molar-refractivity contribution in [2.45, 2.75) is 83.8 Å². The number of piperazine rings is 1. The van der Waals surface area contributed by atoms with Crippen molar-refractivity contribution in [1.82, 2.24) is 15.5 Å². The fourth-order valence-electron chi connectivity index (χ4n) is 7.83. The molecule has 1 saturated carbocycles. The van der Waals surface area contributed by atoms with Gasteiger partial charge in [-0.2, -0.15) is 0 Å². The number of amides is 1. The number of benzene rings is 2. The molecule has 2 N–H and O–H groups in total. The van der Waals surface area contributed by atoms with Crippen LogP contribution in [0.1, 0.15) is 97.9 Å². The van der Waals surface area contributed by atoms with E-state index in [1.165, 1.54) is 25.5 Å². The quantitative estimate of drug-likeness (QED) is 0.300. The van der Waals surface area contributed by atoms with Gasteiger partial charge in [0.25, 0.3) is 5.91 Å². The minimum Gasteiger partial charge on any atom is -0.489 e. The number of piperidine rings is 1. The van der Waals surface area contributed by atoms with Crippen molar-refractivity contribution in [2.24, 2.45) is 11.3 Å². The first-order valence-corrected chi connectivity index (χ1v) is 17.8. The molecule has 11 heteroatoms. The number of carbonyl (C=O) groups excluding carboxylic acids is 2. The van der Waals surface area contributed by atoms with Gasteiger partial charge >= 0.3 is 5.97 Å². The summed E-state index contributed by atoms with van der Waals surface area (Å²) in [6, 6.07) is 11.9. The normalized spacial score (nSPS) is 23.2. The number of carbonyl (C=O) groups is 2. The van der Waals surface area contributed by atoms with Gasteiger partial charge in [-0.15, -0.1) is 24.8 Å². The Labute approximate surface area is 305 Å². The highest BCUT2D eigenvalue weighted by Gasteiger charge is 2.33. The second-order valence-electron chi connectivity index (χ2n) is 14.9. The summed E-state index contributed by atoms with van der Waals surface area (Å²) in [6.07, 6.45) is 7.17. The van der Waals surface area contributed by atoms with Gasteiger partial charge in [-0.05, 0) is 91.8 Å². The number of ether oxygens (including phenoxy) is 3. The van der Waals surface area contributed by atoms with E-state index in [0.29, 0.717) is 48.6 Å². The zero-order valence-corrected chi connectivity index (χ0v) is 31.3. The molecule has 0 bridgehead atoms. The molecule has 4 aliphatic rings. The second-order valence-corrected chi connectivity index (χ2v) is 14.9. The van der Waals surface area contributed by atoms with Crippen molar-refractivity contribution in [3.05, 3.63) is 53.1 Å². The number of halogens is 2. The SMILES string of the molecule is COC(=O)c1ccc(N2CCNCC2)cc1OC1CCN(C(=O)c2ccc(O[C@H]3CCNC3)c([C@H]3CC[C@H](C(C)(C)C)CC3)c2)CC1.Cl.Cl. The zero-order chi connectivity index (χ0) is 33.0. The molecule has 2 aromatic carbocycles. The van der Waals surface area contributed by atoms with E-state index < -0.39 is 5.97 Å². The third-order valence-electron chi connectivity index (χ3n) is 10.8. The van der Waals surface area contributed by atoms with Crippen LogP contribution in [0.2, 0.25) is 0 Å². The highest BCUT2D eigenvalue weighted by Crippen LogP contribution is 2.45. The van der Waals surface area contributed by atoms with Gasteiger partial charge in [0.05, 0.1) is 7.11 Å². The van der Waals surface area contributed by atoms with Gasteiger partial charge in [-0.25, -0.2) is 4.79 Å². The summed E-state index contributed by atoms with van der Waals surface area (Å²) in [5.41, 5.74) is 3.74. The summed E-state index contributed by atoms with van der Waals surface area (Å²) >= 11 is 0. The topological polar surface area (TPSA) is 92.4 Å². The van der Waals surface area contributed by atoms with Crippen molar-refractivity contribution < 1.29 is 23.8 Å². The summed E-state index contributed by atoms with van der Waals surface area (Å²) in [5, 5.41) is 6.79. The average Bonchev–Trinajstić information content (AvgIpc) is 3.61. The zero-order valence-electron chi connectivity index (χ0n) is 29.6. The molecule has 2 aromatic rings. The number of likely N-dealkylation sites (tertiary alicyclic amines) is 1. The molecule has 4 fully saturated rings. The van der Waals surface area contributed by atoms with Gasteiger partial charge in [0.1, 0.15) is 29.3 Å². The van der Waals surface area contributed by atoms with Crippen LogP contribution in [0.15, 0.2) is 36.4 Å². The van der Waals surface area contributed by atoms with Crippen LogP contribution >= 0.6 is 24.8 Å². The summed E-state index contributed by atoms with van der Waals surface area (Å²) in [4.78, 5) is 30.8. The smallest absolute Gasteiger partial charge is 0.341 e. The Morgan fingerprint density at radius 3 is 2.08 bits per heavy atom. The number of methoxy groups -OCH3 is 1. The van der Waals surface area contributed by atoms with Gasteiger partial charge in [0.15, 0.2) is 0 Å². The standard InChI is InChI=1S/C38H54N4O5.2ClH/c1-38(2,3)28-8-5-26(6-9-28)33-23-27(7-12-34(33)47-31-13-16-40-25-31)36(43)42-19-14-30(15-20-42)46-35-24-29(41-21-17-39-18-22-41)10-11-32(35)37(44)45-4;;/h7,10-12,23-24,26,28,30-31,39-40H,5-6,8-9,13-22,25H2,1-4H3;2*1H/t26-,28-,31-;;/m0../s1. The predicted octanol–water partition coefficient (Wildman–Crippen LogP) is 6.47. The molecule has 6 rings (SSSR count). The molecule has 0 unspecified atom stereocenters. The van der Waals surface area contributed by atoms with Crippen LogP contribution in [0.25, 0.3) is 0 Å². The highest BCUT2D eigenvalue weighted by atomic mass is 35.5. The van der Waals surface area contributed by atoms with Crippen molar-refractivity contribution in [3.8, 4) is 11.5 Å². The first kappa shape index (κ1) is 39.1. The van der Waals surface area contributed by atoms with Crippen molar-refractivity contribution in [1.29, 1.82) is 0 Å². The number of rotatable bonds is 8. The molecule has 3 saturated heterocycles. The predicted molar refractivity (Wildman–Crippen MR) is 199 cm³/mol. The van der Waals surface area contributed by atoms with E-state index in [2.05, 4.69) is 42.4 Å². The Kier molecular flexibility index (Phi) is 13.9. The molecule has 3 aliphatic heterocycles. The number of hydrogen-bond acceptors (Lipinski definition) is 8.